The van der Waals surface area contributed by atoms with Crippen LogP contribution in [-0.4, -0.2) is 33.2 Å². The molecule has 0 aliphatic carbocycles. The van der Waals surface area contributed by atoms with Crippen LogP contribution in [-0.2, 0) is 17.8 Å². The zero-order valence-corrected chi connectivity index (χ0v) is 14.2. The average molecular weight is 343 g/mol. The van der Waals surface area contributed by atoms with Crippen molar-refractivity contribution in [2.24, 2.45) is 0 Å². The average Bonchev–Trinajstić information content (AvgIpc) is 3.23. The van der Waals surface area contributed by atoms with Crippen molar-refractivity contribution in [2.75, 3.05) is 12.4 Å². The number of nitrogens with one attached hydrogen (secondary N) is 2. The SMILES string of the molecule is CCc1c(NC(=O)c2csc(COC)n2)n[nH]c1-c1ccncc1. The summed E-state index contributed by atoms with van der Waals surface area (Å²) < 4.78 is 5.02. The Kier molecular flexibility index (Phi) is 4.97. The van der Waals surface area contributed by atoms with Crippen molar-refractivity contribution in [3.05, 3.63) is 46.2 Å². The van der Waals surface area contributed by atoms with E-state index in [4.69, 9.17) is 4.74 Å². The van der Waals surface area contributed by atoms with Crippen LogP contribution in [0.5, 0.6) is 0 Å². The topological polar surface area (TPSA) is 92.8 Å². The van der Waals surface area contributed by atoms with Crippen LogP contribution in [0.2, 0.25) is 0 Å². The summed E-state index contributed by atoms with van der Waals surface area (Å²) in [5.41, 5.74) is 3.17. The van der Waals surface area contributed by atoms with E-state index in [9.17, 15) is 4.79 Å². The first-order valence-corrected chi connectivity index (χ1v) is 8.33. The van der Waals surface area contributed by atoms with E-state index in [0.29, 0.717) is 18.1 Å². The second-order valence-electron chi connectivity index (χ2n) is 5.03. The number of nitrogens with zero attached hydrogens (tertiary/aromatic N) is 3. The highest BCUT2D eigenvalue weighted by atomic mass is 32.1. The minimum Gasteiger partial charge on any atom is -0.378 e. The molecule has 0 unspecified atom stereocenters. The van der Waals surface area contributed by atoms with Crippen molar-refractivity contribution < 1.29 is 9.53 Å². The van der Waals surface area contributed by atoms with E-state index in [1.54, 1.807) is 24.9 Å². The molecule has 3 rings (SSSR count). The molecule has 2 N–H and O–H groups in total. The number of rotatable bonds is 6. The van der Waals surface area contributed by atoms with E-state index in [-0.39, 0.29) is 5.91 Å². The van der Waals surface area contributed by atoms with Crippen LogP contribution in [0.15, 0.2) is 29.9 Å². The Labute approximate surface area is 143 Å². The van der Waals surface area contributed by atoms with Crippen molar-refractivity contribution in [2.45, 2.75) is 20.0 Å². The van der Waals surface area contributed by atoms with Crippen LogP contribution >= 0.6 is 11.3 Å². The number of hydrogen-bond donors (Lipinski definition) is 2. The van der Waals surface area contributed by atoms with Gasteiger partial charge in [0.15, 0.2) is 5.82 Å². The van der Waals surface area contributed by atoms with Gasteiger partial charge in [0.05, 0.1) is 12.3 Å². The third-order valence-electron chi connectivity index (χ3n) is 3.47. The van der Waals surface area contributed by atoms with E-state index < -0.39 is 0 Å². The molecule has 3 aromatic rings. The number of hydrogen-bond acceptors (Lipinski definition) is 6. The third kappa shape index (κ3) is 3.34. The van der Waals surface area contributed by atoms with E-state index >= 15 is 0 Å². The standard InChI is InChI=1S/C16H17N5O2S/c1-3-11-14(10-4-6-17-7-5-10)20-21-15(11)19-16(22)12-9-24-13(18-12)8-23-2/h4-7,9H,3,8H2,1-2H3,(H2,19,20,21,22). The van der Waals surface area contributed by atoms with Crippen LogP contribution in [0.3, 0.4) is 0 Å². The summed E-state index contributed by atoms with van der Waals surface area (Å²) in [6.07, 6.45) is 4.18. The lowest BCUT2D eigenvalue weighted by atomic mass is 10.1. The Balaban J connectivity index is 1.82. The van der Waals surface area contributed by atoms with Gasteiger partial charge in [0.1, 0.15) is 10.7 Å². The lowest BCUT2D eigenvalue weighted by Crippen LogP contribution is -2.14. The Morgan fingerprint density at radius 1 is 1.38 bits per heavy atom. The molecule has 0 aliphatic rings. The molecule has 24 heavy (non-hydrogen) atoms. The van der Waals surface area contributed by atoms with Gasteiger partial charge in [-0.15, -0.1) is 11.3 Å². The highest BCUT2D eigenvalue weighted by molar-refractivity contribution is 7.09. The van der Waals surface area contributed by atoms with Gasteiger partial charge in [-0.25, -0.2) is 4.98 Å². The molecule has 0 radical (unpaired) electrons. The predicted molar refractivity (Wildman–Crippen MR) is 92.0 cm³/mol. The number of anilines is 1. The van der Waals surface area contributed by atoms with Crippen LogP contribution in [0, 0.1) is 0 Å². The van der Waals surface area contributed by atoms with Gasteiger partial charge in [-0.3, -0.25) is 14.9 Å². The van der Waals surface area contributed by atoms with Crippen LogP contribution < -0.4 is 5.32 Å². The molecule has 0 spiro atoms. The Hall–Kier alpha value is -2.58. The van der Waals surface area contributed by atoms with Crippen molar-refractivity contribution in [3.63, 3.8) is 0 Å². The van der Waals surface area contributed by atoms with Gasteiger partial charge in [0.25, 0.3) is 5.91 Å². The van der Waals surface area contributed by atoms with Gasteiger partial charge in [-0.1, -0.05) is 6.92 Å². The molecule has 7 nitrogen and oxygen atoms in total. The molecular formula is C16H17N5O2S. The molecule has 0 aliphatic heterocycles. The largest absolute Gasteiger partial charge is 0.378 e. The first-order chi connectivity index (χ1) is 11.7. The van der Waals surface area contributed by atoms with E-state index in [1.165, 1.54) is 11.3 Å². The number of thiazole rings is 1. The number of aromatic amines is 1. The van der Waals surface area contributed by atoms with Gasteiger partial charge >= 0.3 is 0 Å². The van der Waals surface area contributed by atoms with Crippen molar-refractivity contribution in [1.82, 2.24) is 20.2 Å². The first-order valence-electron chi connectivity index (χ1n) is 7.45. The molecule has 3 heterocycles. The zero-order chi connectivity index (χ0) is 16.9. The summed E-state index contributed by atoms with van der Waals surface area (Å²) in [5.74, 6) is 0.242. The third-order valence-corrected chi connectivity index (χ3v) is 4.30. The minimum absolute atomic E-state index is 0.281. The Morgan fingerprint density at radius 2 is 2.17 bits per heavy atom. The van der Waals surface area contributed by atoms with Gasteiger partial charge in [-0.05, 0) is 18.6 Å². The molecule has 0 aromatic carbocycles. The number of aromatic nitrogens is 4. The molecule has 0 saturated carbocycles. The number of pyridine rings is 1. The van der Waals surface area contributed by atoms with Gasteiger partial charge in [0, 0.05) is 36.0 Å². The summed E-state index contributed by atoms with van der Waals surface area (Å²) in [6, 6.07) is 3.80. The molecule has 1 amide bonds. The fourth-order valence-electron chi connectivity index (χ4n) is 2.35. The fourth-order valence-corrected chi connectivity index (χ4v) is 3.09. The number of carbonyl (C=O) groups excluding carboxylic acids is 1. The maximum absolute atomic E-state index is 12.4. The van der Waals surface area contributed by atoms with Gasteiger partial charge in [0.2, 0.25) is 0 Å². The molecule has 3 aromatic heterocycles. The van der Waals surface area contributed by atoms with E-state index in [2.05, 4.69) is 25.5 Å². The summed E-state index contributed by atoms with van der Waals surface area (Å²) in [4.78, 5) is 20.6. The maximum Gasteiger partial charge on any atom is 0.276 e. The number of H-pyrrole nitrogens is 1. The summed E-state index contributed by atoms with van der Waals surface area (Å²) in [5, 5.41) is 12.5. The normalized spacial score (nSPS) is 10.8. The van der Waals surface area contributed by atoms with Crippen molar-refractivity contribution in [3.8, 4) is 11.3 Å². The molecule has 0 fully saturated rings. The van der Waals surface area contributed by atoms with Crippen molar-refractivity contribution >= 4 is 23.1 Å². The van der Waals surface area contributed by atoms with Crippen LogP contribution in [0.25, 0.3) is 11.3 Å². The Bertz CT molecular complexity index is 828. The summed E-state index contributed by atoms with van der Waals surface area (Å²) in [6.45, 7) is 2.41. The fraction of sp³-hybridized carbons (Fsp3) is 0.250. The van der Waals surface area contributed by atoms with Crippen molar-refractivity contribution in [1.29, 1.82) is 0 Å². The summed E-state index contributed by atoms with van der Waals surface area (Å²) in [7, 11) is 1.60. The van der Waals surface area contributed by atoms with Gasteiger partial charge < -0.3 is 10.1 Å². The highest BCUT2D eigenvalue weighted by Crippen LogP contribution is 2.27. The van der Waals surface area contributed by atoms with Crippen LogP contribution in [0.4, 0.5) is 5.82 Å². The molecular weight excluding hydrogens is 326 g/mol. The smallest absolute Gasteiger partial charge is 0.276 e. The minimum atomic E-state index is -0.281. The molecule has 124 valence electrons. The number of methoxy groups -OCH3 is 1. The summed E-state index contributed by atoms with van der Waals surface area (Å²) >= 11 is 1.39. The maximum atomic E-state index is 12.4. The second-order valence-corrected chi connectivity index (χ2v) is 5.97. The van der Waals surface area contributed by atoms with E-state index in [0.717, 1.165) is 28.2 Å². The highest BCUT2D eigenvalue weighted by Gasteiger charge is 2.17. The molecule has 8 heteroatoms. The quantitative estimate of drug-likeness (QED) is 0.718. The monoisotopic (exact) mass is 343 g/mol. The number of amides is 1. The van der Waals surface area contributed by atoms with Crippen LogP contribution in [0.1, 0.15) is 28.0 Å². The molecule has 0 saturated heterocycles. The molecule has 0 atom stereocenters. The lowest BCUT2D eigenvalue weighted by molar-refractivity contribution is 0.102. The zero-order valence-electron chi connectivity index (χ0n) is 13.4. The molecule has 0 bridgehead atoms. The second kappa shape index (κ2) is 7.33. The predicted octanol–water partition coefficient (Wildman–Crippen LogP) is 2.89. The van der Waals surface area contributed by atoms with Gasteiger partial charge in [-0.2, -0.15) is 5.10 Å². The number of carbonyl (C=O) groups is 1. The lowest BCUT2D eigenvalue weighted by Gasteiger charge is -2.04. The number of ether oxygens (including phenoxy) is 1. The van der Waals surface area contributed by atoms with E-state index in [1.807, 2.05) is 19.1 Å². The first kappa shape index (κ1) is 16.3. The Morgan fingerprint density at radius 3 is 2.88 bits per heavy atom.